The third kappa shape index (κ3) is 30.8. The molecule has 2 nitrogen and oxygen atoms in total. The Kier molecular flexibility index (Phi) is 37.2. The first-order valence-electron chi connectivity index (χ1n) is 23.9. The normalized spacial score (nSPS) is 11.7. The molecule has 0 unspecified atom stereocenters. The highest BCUT2D eigenvalue weighted by molar-refractivity contribution is 4.84. The van der Waals surface area contributed by atoms with Crippen molar-refractivity contribution >= 4 is 0 Å². The second-order valence-electron chi connectivity index (χ2n) is 16.6. The van der Waals surface area contributed by atoms with Gasteiger partial charge in [0.1, 0.15) is 12.4 Å². The molecule has 1 rings (SSSR count). The van der Waals surface area contributed by atoms with Crippen LogP contribution in [0.5, 0.6) is 0 Å². The van der Waals surface area contributed by atoms with E-state index in [0.29, 0.717) is 0 Å². The highest BCUT2D eigenvalue weighted by Crippen LogP contribution is 2.16. The second kappa shape index (κ2) is 39.4. The highest BCUT2D eigenvalue weighted by atomic mass is 15.1. The fourth-order valence-electron chi connectivity index (χ4n) is 8.09. The van der Waals surface area contributed by atoms with Gasteiger partial charge in [0, 0.05) is 6.42 Å². The van der Waals surface area contributed by atoms with E-state index >= 15 is 0 Å². The van der Waals surface area contributed by atoms with E-state index in [1.807, 2.05) is 0 Å². The number of hydrogen-bond acceptors (Lipinski definition) is 0. The Morgan fingerprint density at radius 3 is 0.960 bits per heavy atom. The molecule has 2 heteroatoms. The highest BCUT2D eigenvalue weighted by Gasteiger charge is 2.16. The average Bonchev–Trinajstić information content (AvgIpc) is 3.51. The Morgan fingerprint density at radius 2 is 0.620 bits per heavy atom. The Bertz CT molecular complexity index is 766. The van der Waals surface area contributed by atoms with Gasteiger partial charge in [-0.15, -0.1) is 0 Å². The third-order valence-electron chi connectivity index (χ3n) is 11.6. The van der Waals surface area contributed by atoms with Gasteiger partial charge in [0.15, 0.2) is 0 Å². The molecule has 50 heavy (non-hydrogen) atoms. The van der Waals surface area contributed by atoms with Crippen LogP contribution in [0.1, 0.15) is 277 Å². The Morgan fingerprint density at radius 1 is 0.340 bits per heavy atom. The van der Waals surface area contributed by atoms with E-state index in [4.69, 9.17) is 0 Å². The van der Waals surface area contributed by atoms with Gasteiger partial charge < -0.3 is 0 Å². The van der Waals surface area contributed by atoms with E-state index in [2.05, 4.69) is 42.3 Å². The molecule has 1 aromatic heterocycles. The van der Waals surface area contributed by atoms with Crippen molar-refractivity contribution in [3.05, 3.63) is 18.2 Å². The standard InChI is InChI=1S/C48H95N2/c1-4-7-10-13-16-19-22-24-25-26-27-28-30-33-36-39-42-45-50-47-46-49(44-41-38-35-32-29-23-20-17-14-11-8-5-2)48(50)43-40-37-34-31-21-18-15-12-9-6-3/h46-47H,4-45H2,1-3H3/q+1. The monoisotopic (exact) mass is 700 g/mol. The zero-order chi connectivity index (χ0) is 35.8. The molecule has 0 radical (unpaired) electrons. The maximum atomic E-state index is 2.65. The molecule has 0 atom stereocenters. The molecule has 0 bridgehead atoms. The quantitative estimate of drug-likeness (QED) is 0.0474. The average molecular weight is 700 g/mol. The van der Waals surface area contributed by atoms with Crippen molar-refractivity contribution < 1.29 is 4.57 Å². The largest absolute Gasteiger partial charge is 0.256 e. The van der Waals surface area contributed by atoms with Gasteiger partial charge in [0.25, 0.3) is 5.82 Å². The van der Waals surface area contributed by atoms with Gasteiger partial charge in [0.05, 0.1) is 13.1 Å². The maximum Gasteiger partial charge on any atom is 0.256 e. The van der Waals surface area contributed by atoms with Crippen molar-refractivity contribution in [2.75, 3.05) is 0 Å². The van der Waals surface area contributed by atoms with Crippen LogP contribution in [-0.2, 0) is 19.5 Å². The van der Waals surface area contributed by atoms with Crippen LogP contribution in [0.25, 0.3) is 0 Å². The van der Waals surface area contributed by atoms with Gasteiger partial charge in [-0.25, -0.2) is 9.13 Å². The van der Waals surface area contributed by atoms with Gasteiger partial charge in [0.2, 0.25) is 0 Å². The van der Waals surface area contributed by atoms with Crippen molar-refractivity contribution in [2.45, 2.75) is 291 Å². The third-order valence-corrected chi connectivity index (χ3v) is 11.6. The minimum absolute atomic E-state index is 1.23. The Hall–Kier alpha value is -0.790. The van der Waals surface area contributed by atoms with Gasteiger partial charge in [-0.3, -0.25) is 0 Å². The lowest BCUT2D eigenvalue weighted by Crippen LogP contribution is -2.37. The number of aryl methyl sites for hydroxylation is 2. The molecule has 0 saturated heterocycles. The number of imidazole rings is 1. The number of rotatable bonds is 42. The van der Waals surface area contributed by atoms with Crippen LogP contribution in [0.15, 0.2) is 12.4 Å². The molecule has 1 aromatic rings. The molecule has 0 N–H and O–H groups in total. The van der Waals surface area contributed by atoms with Crippen LogP contribution >= 0.6 is 0 Å². The summed E-state index contributed by atoms with van der Waals surface area (Å²) in [5.74, 6) is 1.63. The van der Waals surface area contributed by atoms with Crippen molar-refractivity contribution in [1.82, 2.24) is 4.57 Å². The SMILES string of the molecule is CCCCCCCCCCCCCCCCCCC[n+]1ccn(CCCCCCCCCCCCCC)c1CCCCCCCCCCCC. The van der Waals surface area contributed by atoms with E-state index in [-0.39, 0.29) is 0 Å². The van der Waals surface area contributed by atoms with Crippen molar-refractivity contribution in [3.8, 4) is 0 Å². The summed E-state index contributed by atoms with van der Waals surface area (Å²) in [7, 11) is 0. The van der Waals surface area contributed by atoms with Crippen LogP contribution in [0.4, 0.5) is 0 Å². The molecule has 0 amide bonds. The van der Waals surface area contributed by atoms with Gasteiger partial charge in [-0.1, -0.05) is 239 Å². The van der Waals surface area contributed by atoms with Gasteiger partial charge in [-0.2, -0.15) is 0 Å². The number of unbranched alkanes of at least 4 members (excludes halogenated alkanes) is 36. The fraction of sp³-hybridized carbons (Fsp3) is 0.938. The predicted molar refractivity (Wildman–Crippen MR) is 225 cm³/mol. The molecule has 0 aliphatic carbocycles. The Labute approximate surface area is 317 Å². The number of hydrogen-bond donors (Lipinski definition) is 0. The number of aromatic nitrogens is 2. The topological polar surface area (TPSA) is 8.81 Å². The van der Waals surface area contributed by atoms with Crippen molar-refractivity contribution in [3.63, 3.8) is 0 Å². The van der Waals surface area contributed by atoms with Crippen molar-refractivity contribution in [1.29, 1.82) is 0 Å². The summed E-state index contributed by atoms with van der Waals surface area (Å²) < 4.78 is 5.30. The maximum absolute atomic E-state index is 2.65. The smallest absolute Gasteiger partial charge is 0.234 e. The molecule has 0 aromatic carbocycles. The first-order valence-corrected chi connectivity index (χ1v) is 23.9. The van der Waals surface area contributed by atoms with Crippen LogP contribution in [-0.4, -0.2) is 4.57 Å². The van der Waals surface area contributed by atoms with Crippen LogP contribution in [0.3, 0.4) is 0 Å². The first kappa shape index (κ1) is 47.2. The molecular formula is C48H95N2+. The predicted octanol–water partition coefficient (Wildman–Crippen LogP) is 16.6. The molecule has 0 saturated carbocycles. The summed E-state index contributed by atoms with van der Waals surface area (Å²) in [4.78, 5) is 0. The first-order chi connectivity index (χ1) is 24.8. The summed E-state index contributed by atoms with van der Waals surface area (Å²) >= 11 is 0. The number of nitrogens with zero attached hydrogens (tertiary/aromatic N) is 2. The van der Waals surface area contributed by atoms with Crippen molar-refractivity contribution in [2.24, 2.45) is 0 Å². The minimum atomic E-state index is 1.23. The minimum Gasteiger partial charge on any atom is -0.234 e. The zero-order valence-electron chi connectivity index (χ0n) is 35.2. The summed E-state index contributed by atoms with van der Waals surface area (Å²) in [5.41, 5.74) is 0. The lowest BCUT2D eigenvalue weighted by atomic mass is 10.0. The molecular weight excluding hydrogens is 605 g/mol. The summed E-state index contributed by atoms with van der Waals surface area (Å²) in [5, 5.41) is 0. The molecule has 0 fully saturated rings. The zero-order valence-corrected chi connectivity index (χ0v) is 35.2. The lowest BCUT2D eigenvalue weighted by Gasteiger charge is -2.07. The second-order valence-corrected chi connectivity index (χ2v) is 16.6. The summed E-state index contributed by atoms with van der Waals surface area (Å²) in [6.07, 6.45) is 62.3. The van der Waals surface area contributed by atoms with Gasteiger partial charge >= 0.3 is 0 Å². The van der Waals surface area contributed by atoms with E-state index in [1.54, 1.807) is 5.82 Å². The summed E-state index contributed by atoms with van der Waals surface area (Å²) in [6.45, 7) is 9.42. The lowest BCUT2D eigenvalue weighted by molar-refractivity contribution is -0.704. The molecule has 1 heterocycles. The van der Waals surface area contributed by atoms with Crippen LogP contribution in [0, 0.1) is 0 Å². The summed E-state index contributed by atoms with van der Waals surface area (Å²) in [6, 6.07) is 0. The van der Waals surface area contributed by atoms with E-state index in [9.17, 15) is 0 Å². The molecule has 0 aliphatic rings. The van der Waals surface area contributed by atoms with E-state index in [0.717, 1.165) is 0 Å². The molecule has 0 spiro atoms. The van der Waals surface area contributed by atoms with Crippen LogP contribution in [0.2, 0.25) is 0 Å². The van der Waals surface area contributed by atoms with Gasteiger partial charge in [-0.05, 0) is 32.1 Å². The fourth-order valence-corrected chi connectivity index (χ4v) is 8.09. The van der Waals surface area contributed by atoms with E-state index in [1.165, 1.54) is 270 Å². The Balaban J connectivity index is 2.23. The van der Waals surface area contributed by atoms with E-state index < -0.39 is 0 Å². The molecule has 296 valence electrons. The molecule has 0 aliphatic heterocycles. The van der Waals surface area contributed by atoms with Crippen LogP contribution < -0.4 is 4.57 Å².